The quantitative estimate of drug-likeness (QED) is 0.0164. The third-order valence-electron chi connectivity index (χ3n) is 8.25. The normalized spacial score (nSPS) is 12.2. The van der Waals surface area contributed by atoms with Crippen LogP contribution in [0.3, 0.4) is 0 Å². The first kappa shape index (κ1) is 54.8. The summed E-state index contributed by atoms with van der Waals surface area (Å²) in [5.41, 5.74) is 0. The topological polar surface area (TPSA) is 176 Å². The van der Waals surface area contributed by atoms with Gasteiger partial charge in [0.25, 0.3) is 10.1 Å². The smallest absolute Gasteiger partial charge is 0.859 e. The number of unbranched alkanes of at least 4 members (excludes halogenated alkanes) is 24. The summed E-state index contributed by atoms with van der Waals surface area (Å²) in [6.07, 6.45) is 39.4. The SMILES string of the molecule is CCCCCCCCCCCCCC/C=C/C(=O)NCCS(=O)(=O)O.CCCCCCCCCCCCCC/C=C/C([O-])=NCCS(=O)(=O)[O-].[Ca+2]. The summed E-state index contributed by atoms with van der Waals surface area (Å²) in [7, 11) is -8.30. The van der Waals surface area contributed by atoms with Gasteiger partial charge in [0.05, 0.1) is 28.2 Å². The van der Waals surface area contributed by atoms with Crippen molar-refractivity contribution in [3.05, 3.63) is 24.3 Å². The van der Waals surface area contributed by atoms with Crippen molar-refractivity contribution in [2.75, 3.05) is 24.6 Å². The molecule has 0 aromatic carbocycles. The number of aliphatic imine (C=N–C) groups is 1. The fourth-order valence-electron chi connectivity index (χ4n) is 5.26. The van der Waals surface area contributed by atoms with Crippen LogP contribution in [0.4, 0.5) is 0 Å². The van der Waals surface area contributed by atoms with Gasteiger partial charge in [-0.3, -0.25) is 9.35 Å². The molecule has 0 fully saturated rings. The minimum absolute atomic E-state index is 0. The number of nitrogens with one attached hydrogen (secondary N) is 1. The third-order valence-corrected chi connectivity index (χ3v) is 9.65. The maximum atomic E-state index is 11.4. The van der Waals surface area contributed by atoms with Crippen molar-refractivity contribution < 1.29 is 35.8 Å². The van der Waals surface area contributed by atoms with E-state index in [9.17, 15) is 31.3 Å². The zero-order chi connectivity index (χ0) is 37.6. The predicted octanol–water partition coefficient (Wildman–Crippen LogP) is 8.19. The number of nitrogens with zero attached hydrogens (tertiary/aromatic N) is 1. The fraction of sp³-hybridized carbons (Fsp3) is 0.842. The van der Waals surface area contributed by atoms with Gasteiger partial charge >= 0.3 is 37.7 Å². The van der Waals surface area contributed by atoms with E-state index in [0.717, 1.165) is 25.7 Å². The number of hydrogen-bond donors (Lipinski definition) is 2. The predicted molar refractivity (Wildman–Crippen MR) is 212 cm³/mol. The molecule has 2 N–H and O–H groups in total. The Kier molecular flexibility index (Phi) is 43.7. The Balaban J connectivity index is -0.000000886. The van der Waals surface area contributed by atoms with Crippen LogP contribution in [0.2, 0.25) is 0 Å². The van der Waals surface area contributed by atoms with Gasteiger partial charge in [0.2, 0.25) is 5.91 Å². The minimum atomic E-state index is -4.29. The summed E-state index contributed by atoms with van der Waals surface area (Å²) in [6.45, 7) is 4.17. The van der Waals surface area contributed by atoms with Gasteiger partial charge in [0.15, 0.2) is 0 Å². The standard InChI is InChI=1S/2C19H37NO4S.Ca/c2*1-2-3-4-5-6-7-8-9-10-11-12-13-14-15-16-19(21)20-17-18-25(22,23)24;/h2*15-16H,2-14,17-18H2,1H3,(H,20,21)(H,22,23,24);/q;;+2/p-2/b2*16-15+;. The van der Waals surface area contributed by atoms with E-state index in [4.69, 9.17) is 4.55 Å². The molecule has 0 heterocycles. The number of carbonyl (C=O) groups is 1. The van der Waals surface area contributed by atoms with Crippen LogP contribution in [0, 0.1) is 0 Å². The van der Waals surface area contributed by atoms with Gasteiger partial charge in [0, 0.05) is 6.54 Å². The fourth-order valence-corrected chi connectivity index (χ4v) is 5.94. The van der Waals surface area contributed by atoms with Crippen LogP contribution in [0.5, 0.6) is 0 Å². The summed E-state index contributed by atoms with van der Waals surface area (Å²) in [5.74, 6) is -1.86. The first-order chi connectivity index (χ1) is 23.9. The molecule has 1 amide bonds. The molecule has 13 heteroatoms. The molecule has 0 saturated carbocycles. The van der Waals surface area contributed by atoms with E-state index in [1.807, 2.05) is 6.08 Å². The maximum absolute atomic E-state index is 11.4. The number of carbonyl (C=O) groups excluding carboxylic acids is 1. The van der Waals surface area contributed by atoms with Gasteiger partial charge in [-0.15, -0.1) is 0 Å². The van der Waals surface area contributed by atoms with Crippen LogP contribution in [0.15, 0.2) is 29.3 Å². The average Bonchev–Trinajstić information content (AvgIpc) is 3.04. The van der Waals surface area contributed by atoms with E-state index in [1.54, 1.807) is 6.08 Å². The Hall–Kier alpha value is -0.500. The summed E-state index contributed by atoms with van der Waals surface area (Å²) in [4.78, 5) is 14.9. The second-order valence-electron chi connectivity index (χ2n) is 13.2. The number of allylic oxidation sites excluding steroid dienone is 2. The molecule has 0 rings (SSSR count). The largest absolute Gasteiger partial charge is 2.00 e. The summed E-state index contributed by atoms with van der Waals surface area (Å²) < 4.78 is 60.6. The second-order valence-corrected chi connectivity index (χ2v) is 16.3. The molecule has 0 aliphatic rings. The molecule has 0 radical (unpaired) electrons. The Morgan fingerprint density at radius 1 is 0.608 bits per heavy atom. The summed E-state index contributed by atoms with van der Waals surface area (Å²) in [6, 6.07) is 0. The van der Waals surface area contributed by atoms with Gasteiger partial charge in [-0.2, -0.15) is 8.42 Å². The van der Waals surface area contributed by atoms with Crippen molar-refractivity contribution >= 4 is 69.8 Å². The maximum Gasteiger partial charge on any atom is 2.00 e. The molecule has 0 aromatic rings. The number of amides is 1. The van der Waals surface area contributed by atoms with Gasteiger partial charge in [-0.05, 0) is 37.7 Å². The zero-order valence-electron chi connectivity index (χ0n) is 32.3. The van der Waals surface area contributed by atoms with Gasteiger partial charge in [-0.1, -0.05) is 173 Å². The molecule has 0 spiro atoms. The number of rotatable bonds is 34. The molecule has 296 valence electrons. The monoisotopic (exact) mass is 788 g/mol. The van der Waals surface area contributed by atoms with Crippen molar-refractivity contribution in [1.29, 1.82) is 0 Å². The van der Waals surface area contributed by atoms with E-state index in [1.165, 1.54) is 153 Å². The molecular weight excluding hydrogens is 717 g/mol. The Morgan fingerprint density at radius 2 is 0.961 bits per heavy atom. The molecule has 0 atom stereocenters. The Morgan fingerprint density at radius 3 is 1.31 bits per heavy atom. The van der Waals surface area contributed by atoms with E-state index in [0.29, 0.717) is 0 Å². The summed E-state index contributed by atoms with van der Waals surface area (Å²) >= 11 is 0. The third kappa shape index (κ3) is 53.9. The molecule has 51 heavy (non-hydrogen) atoms. The Bertz CT molecular complexity index is 1080. The molecule has 10 nitrogen and oxygen atoms in total. The zero-order valence-corrected chi connectivity index (χ0v) is 36.1. The molecule has 0 unspecified atom stereocenters. The van der Waals surface area contributed by atoms with Gasteiger partial charge in [-0.25, -0.2) is 8.42 Å². The van der Waals surface area contributed by atoms with Crippen LogP contribution in [0.25, 0.3) is 0 Å². The molecular formula is C38H72CaN2O8S2. The molecule has 0 aromatic heterocycles. The first-order valence-corrected chi connectivity index (χ1v) is 22.8. The van der Waals surface area contributed by atoms with Crippen LogP contribution in [-0.4, -0.2) is 100 Å². The van der Waals surface area contributed by atoms with Crippen LogP contribution in [0.1, 0.15) is 181 Å². The Labute approximate surface area is 343 Å². The van der Waals surface area contributed by atoms with E-state index < -0.39 is 37.6 Å². The van der Waals surface area contributed by atoms with E-state index in [-0.39, 0.29) is 56.7 Å². The second kappa shape index (κ2) is 40.7. The minimum Gasteiger partial charge on any atom is -0.859 e. The van der Waals surface area contributed by atoms with Crippen LogP contribution < -0.4 is 10.4 Å². The molecule has 0 aliphatic heterocycles. The molecule has 0 aliphatic carbocycles. The van der Waals surface area contributed by atoms with Crippen molar-refractivity contribution in [3.63, 3.8) is 0 Å². The molecule has 0 bridgehead atoms. The first-order valence-electron chi connectivity index (χ1n) is 19.6. The van der Waals surface area contributed by atoms with Gasteiger partial charge in [0.1, 0.15) is 0 Å². The molecule has 0 saturated heterocycles. The van der Waals surface area contributed by atoms with Crippen molar-refractivity contribution in [3.8, 4) is 0 Å². The van der Waals surface area contributed by atoms with E-state index >= 15 is 0 Å². The van der Waals surface area contributed by atoms with Crippen molar-refractivity contribution in [2.45, 2.75) is 181 Å². The van der Waals surface area contributed by atoms with Gasteiger partial charge < -0.3 is 20.0 Å². The average molecular weight is 789 g/mol. The van der Waals surface area contributed by atoms with Crippen molar-refractivity contribution in [2.24, 2.45) is 4.99 Å². The van der Waals surface area contributed by atoms with Crippen LogP contribution >= 0.6 is 0 Å². The van der Waals surface area contributed by atoms with Crippen molar-refractivity contribution in [1.82, 2.24) is 5.32 Å². The summed E-state index contributed by atoms with van der Waals surface area (Å²) in [5, 5.41) is 13.7. The van der Waals surface area contributed by atoms with E-state index in [2.05, 4.69) is 24.2 Å². The van der Waals surface area contributed by atoms with Crippen LogP contribution in [-0.2, 0) is 25.0 Å². The number of hydrogen-bond acceptors (Lipinski definition) is 8.